The van der Waals surface area contributed by atoms with Crippen LogP contribution >= 0.6 is 0 Å². The molecule has 0 aliphatic rings. The van der Waals surface area contributed by atoms with Gasteiger partial charge in [-0.05, 0) is 44.7 Å². The van der Waals surface area contributed by atoms with Crippen LogP contribution in [-0.2, 0) is 0 Å². The number of hydrogen-bond donors (Lipinski definition) is 1. The monoisotopic (exact) mass is 197 g/mol. The molecule has 0 saturated carbocycles. The average Bonchev–Trinajstić information content (AvgIpc) is 2.16. The maximum Gasteiger partial charge on any atom is 0.123 e. The van der Waals surface area contributed by atoms with E-state index >= 15 is 0 Å². The van der Waals surface area contributed by atoms with Crippen molar-refractivity contribution in [3.05, 3.63) is 29.6 Å². The first kappa shape index (κ1) is 11.0. The Labute approximate surface area is 84.1 Å². The highest BCUT2D eigenvalue weighted by Gasteiger charge is 2.03. The summed E-state index contributed by atoms with van der Waals surface area (Å²) >= 11 is 0. The SMILES string of the molecule is CNC(C)COc1ccc(F)cc1C. The van der Waals surface area contributed by atoms with E-state index < -0.39 is 0 Å². The largest absolute Gasteiger partial charge is 0.492 e. The molecule has 1 atom stereocenters. The fraction of sp³-hybridized carbons (Fsp3) is 0.455. The van der Waals surface area contributed by atoms with Crippen molar-refractivity contribution in [3.8, 4) is 5.75 Å². The predicted molar refractivity (Wildman–Crippen MR) is 55.2 cm³/mol. The quantitative estimate of drug-likeness (QED) is 0.798. The molecule has 1 aromatic rings. The first-order valence-corrected chi connectivity index (χ1v) is 4.69. The Kier molecular flexibility index (Phi) is 3.89. The molecule has 1 rings (SSSR count). The van der Waals surface area contributed by atoms with Crippen molar-refractivity contribution < 1.29 is 9.13 Å². The number of likely N-dealkylation sites (N-methyl/N-ethyl adjacent to an activating group) is 1. The predicted octanol–water partition coefficient (Wildman–Crippen LogP) is 2.12. The van der Waals surface area contributed by atoms with E-state index in [1.165, 1.54) is 12.1 Å². The lowest BCUT2D eigenvalue weighted by Gasteiger charge is -2.13. The van der Waals surface area contributed by atoms with Crippen LogP contribution in [0.15, 0.2) is 18.2 Å². The lowest BCUT2D eigenvalue weighted by molar-refractivity contribution is 0.278. The molecule has 0 fully saturated rings. The fourth-order valence-electron chi connectivity index (χ4n) is 1.07. The van der Waals surface area contributed by atoms with Gasteiger partial charge in [-0.25, -0.2) is 4.39 Å². The highest BCUT2D eigenvalue weighted by atomic mass is 19.1. The van der Waals surface area contributed by atoms with E-state index in [4.69, 9.17) is 4.74 Å². The summed E-state index contributed by atoms with van der Waals surface area (Å²) in [6.45, 7) is 4.45. The van der Waals surface area contributed by atoms with E-state index in [2.05, 4.69) is 5.32 Å². The molecule has 0 aliphatic carbocycles. The number of benzene rings is 1. The summed E-state index contributed by atoms with van der Waals surface area (Å²) in [5.74, 6) is 0.519. The van der Waals surface area contributed by atoms with Gasteiger partial charge in [0.25, 0.3) is 0 Å². The van der Waals surface area contributed by atoms with Gasteiger partial charge in [-0.15, -0.1) is 0 Å². The molecule has 0 bridgehead atoms. The van der Waals surface area contributed by atoms with E-state index in [1.54, 1.807) is 6.07 Å². The van der Waals surface area contributed by atoms with E-state index in [-0.39, 0.29) is 5.82 Å². The molecule has 0 spiro atoms. The second-order valence-electron chi connectivity index (χ2n) is 3.41. The molecule has 1 unspecified atom stereocenters. The molecular formula is C11H16FNO. The third kappa shape index (κ3) is 3.00. The highest BCUT2D eigenvalue weighted by Crippen LogP contribution is 2.18. The molecule has 1 aromatic carbocycles. The van der Waals surface area contributed by atoms with Gasteiger partial charge in [-0.2, -0.15) is 0 Å². The van der Waals surface area contributed by atoms with Gasteiger partial charge in [-0.1, -0.05) is 0 Å². The lowest BCUT2D eigenvalue weighted by Crippen LogP contribution is -2.28. The molecule has 1 N–H and O–H groups in total. The number of halogens is 1. The van der Waals surface area contributed by atoms with E-state index in [9.17, 15) is 4.39 Å². The van der Waals surface area contributed by atoms with Gasteiger partial charge in [-0.3, -0.25) is 0 Å². The zero-order chi connectivity index (χ0) is 10.6. The number of rotatable bonds is 4. The van der Waals surface area contributed by atoms with Crippen LogP contribution in [0.1, 0.15) is 12.5 Å². The third-order valence-corrected chi connectivity index (χ3v) is 2.12. The third-order valence-electron chi connectivity index (χ3n) is 2.12. The second-order valence-corrected chi connectivity index (χ2v) is 3.41. The Morgan fingerprint density at radius 3 is 2.79 bits per heavy atom. The molecule has 0 heterocycles. The molecule has 0 radical (unpaired) electrons. The van der Waals surface area contributed by atoms with Crippen LogP contribution in [0.25, 0.3) is 0 Å². The van der Waals surface area contributed by atoms with Gasteiger partial charge in [0.05, 0.1) is 0 Å². The Morgan fingerprint density at radius 2 is 2.21 bits per heavy atom. The molecule has 2 nitrogen and oxygen atoms in total. The van der Waals surface area contributed by atoms with Crippen molar-refractivity contribution in [2.45, 2.75) is 19.9 Å². The van der Waals surface area contributed by atoms with Crippen molar-refractivity contribution in [3.63, 3.8) is 0 Å². The summed E-state index contributed by atoms with van der Waals surface area (Å²) in [4.78, 5) is 0. The van der Waals surface area contributed by atoms with Crippen molar-refractivity contribution in [2.75, 3.05) is 13.7 Å². The van der Waals surface area contributed by atoms with Crippen LogP contribution in [0.2, 0.25) is 0 Å². The zero-order valence-corrected chi connectivity index (χ0v) is 8.80. The molecule has 0 saturated heterocycles. The maximum absolute atomic E-state index is 12.7. The first-order chi connectivity index (χ1) is 6.63. The number of hydrogen-bond acceptors (Lipinski definition) is 2. The average molecular weight is 197 g/mol. The standard InChI is InChI=1S/C11H16FNO/c1-8-6-10(12)4-5-11(8)14-7-9(2)13-3/h4-6,9,13H,7H2,1-3H3. The minimum absolute atomic E-state index is 0.225. The van der Waals surface area contributed by atoms with Crippen LogP contribution in [0, 0.1) is 12.7 Å². The molecular weight excluding hydrogens is 181 g/mol. The first-order valence-electron chi connectivity index (χ1n) is 4.69. The fourth-order valence-corrected chi connectivity index (χ4v) is 1.07. The Bertz CT molecular complexity index is 301. The summed E-state index contributed by atoms with van der Waals surface area (Å²) in [6, 6.07) is 4.83. The Hall–Kier alpha value is -1.09. The molecule has 14 heavy (non-hydrogen) atoms. The van der Waals surface area contributed by atoms with Gasteiger partial charge in [0.1, 0.15) is 18.2 Å². The summed E-state index contributed by atoms with van der Waals surface area (Å²) < 4.78 is 18.3. The summed E-state index contributed by atoms with van der Waals surface area (Å²) in [6.07, 6.45) is 0. The van der Waals surface area contributed by atoms with Crippen LogP contribution in [0.5, 0.6) is 5.75 Å². The number of nitrogens with one attached hydrogen (secondary N) is 1. The minimum atomic E-state index is -0.225. The summed E-state index contributed by atoms with van der Waals surface area (Å²) in [5.41, 5.74) is 0.827. The number of ether oxygens (including phenoxy) is 1. The van der Waals surface area contributed by atoms with Crippen LogP contribution < -0.4 is 10.1 Å². The van der Waals surface area contributed by atoms with E-state index in [0.29, 0.717) is 12.6 Å². The Morgan fingerprint density at radius 1 is 1.50 bits per heavy atom. The zero-order valence-electron chi connectivity index (χ0n) is 8.80. The van der Waals surface area contributed by atoms with Gasteiger partial charge in [0, 0.05) is 6.04 Å². The van der Waals surface area contributed by atoms with E-state index in [1.807, 2.05) is 20.9 Å². The van der Waals surface area contributed by atoms with Crippen molar-refractivity contribution in [1.29, 1.82) is 0 Å². The summed E-state index contributed by atoms with van der Waals surface area (Å²) in [7, 11) is 1.88. The Balaban J connectivity index is 2.59. The van der Waals surface area contributed by atoms with Crippen molar-refractivity contribution in [2.24, 2.45) is 0 Å². The van der Waals surface area contributed by atoms with Crippen LogP contribution in [0.3, 0.4) is 0 Å². The minimum Gasteiger partial charge on any atom is -0.492 e. The van der Waals surface area contributed by atoms with Crippen molar-refractivity contribution in [1.82, 2.24) is 5.32 Å². The van der Waals surface area contributed by atoms with Gasteiger partial charge < -0.3 is 10.1 Å². The molecule has 78 valence electrons. The molecule has 3 heteroatoms. The molecule has 0 aromatic heterocycles. The molecule has 0 amide bonds. The maximum atomic E-state index is 12.7. The van der Waals surface area contributed by atoms with Gasteiger partial charge >= 0.3 is 0 Å². The highest BCUT2D eigenvalue weighted by molar-refractivity contribution is 5.32. The van der Waals surface area contributed by atoms with E-state index in [0.717, 1.165) is 11.3 Å². The normalized spacial score (nSPS) is 12.6. The van der Waals surface area contributed by atoms with Gasteiger partial charge in [0.2, 0.25) is 0 Å². The number of aryl methyl sites for hydroxylation is 1. The van der Waals surface area contributed by atoms with Crippen LogP contribution in [-0.4, -0.2) is 19.7 Å². The van der Waals surface area contributed by atoms with Crippen LogP contribution in [0.4, 0.5) is 4.39 Å². The topological polar surface area (TPSA) is 21.3 Å². The van der Waals surface area contributed by atoms with Gasteiger partial charge in [0.15, 0.2) is 0 Å². The second kappa shape index (κ2) is 4.96. The summed E-state index contributed by atoms with van der Waals surface area (Å²) in [5, 5.41) is 3.07. The smallest absolute Gasteiger partial charge is 0.123 e. The lowest BCUT2D eigenvalue weighted by atomic mass is 10.2. The molecule has 0 aliphatic heterocycles. The van der Waals surface area contributed by atoms with Crippen molar-refractivity contribution >= 4 is 0 Å².